The maximum atomic E-state index is 13.4. The second-order valence-corrected chi connectivity index (χ2v) is 9.10. The Hall–Kier alpha value is -2.96. The highest BCUT2D eigenvalue weighted by molar-refractivity contribution is 6.31. The number of fused-ring (bicyclic) bond motifs is 2. The maximum absolute atomic E-state index is 13.4. The Labute approximate surface area is 198 Å². The molecule has 1 N–H and O–H groups in total. The first-order valence-electron chi connectivity index (χ1n) is 11.2. The van der Waals surface area contributed by atoms with Gasteiger partial charge in [0.05, 0.1) is 11.1 Å². The highest BCUT2D eigenvalue weighted by Gasteiger charge is 2.29. The van der Waals surface area contributed by atoms with E-state index in [0.717, 1.165) is 40.7 Å². The van der Waals surface area contributed by atoms with Gasteiger partial charge in [-0.15, -0.1) is 0 Å². The second kappa shape index (κ2) is 9.49. The van der Waals surface area contributed by atoms with Gasteiger partial charge in [0, 0.05) is 52.9 Å². The van der Waals surface area contributed by atoms with E-state index in [1.165, 1.54) is 0 Å². The van der Waals surface area contributed by atoms with Crippen LogP contribution in [-0.2, 0) is 22.5 Å². The molecular weight excluding hydrogens is 438 g/mol. The van der Waals surface area contributed by atoms with Crippen molar-refractivity contribution in [1.29, 1.82) is 0 Å². The predicted octanol–water partition coefficient (Wildman–Crippen LogP) is 5.15. The van der Waals surface area contributed by atoms with Gasteiger partial charge in [0.15, 0.2) is 6.10 Å². The van der Waals surface area contributed by atoms with E-state index in [9.17, 15) is 9.59 Å². The number of ether oxygens (including phenoxy) is 1. The van der Waals surface area contributed by atoms with Crippen molar-refractivity contribution >= 4 is 40.1 Å². The van der Waals surface area contributed by atoms with Crippen LogP contribution in [-0.4, -0.2) is 40.5 Å². The Morgan fingerprint density at radius 1 is 1.12 bits per heavy atom. The fraction of sp³-hybridized carbons (Fsp3) is 0.346. The molecule has 1 amide bonds. The summed E-state index contributed by atoms with van der Waals surface area (Å²) in [4.78, 5) is 33.3. The fourth-order valence-electron chi connectivity index (χ4n) is 4.14. The van der Waals surface area contributed by atoms with Crippen LogP contribution in [0.4, 0.5) is 5.69 Å². The number of amides is 1. The van der Waals surface area contributed by atoms with Crippen molar-refractivity contribution in [2.75, 3.05) is 11.9 Å². The van der Waals surface area contributed by atoms with Crippen LogP contribution < -0.4 is 5.32 Å². The first-order chi connectivity index (χ1) is 15.8. The van der Waals surface area contributed by atoms with Crippen molar-refractivity contribution in [3.63, 3.8) is 0 Å². The molecule has 0 bridgehead atoms. The van der Waals surface area contributed by atoms with Crippen LogP contribution in [0.15, 0.2) is 42.5 Å². The molecule has 1 aromatic heterocycles. The number of carbonyl (C=O) groups excluding carboxylic acids is 2. The lowest BCUT2D eigenvalue weighted by molar-refractivity contribution is -0.123. The number of esters is 1. The number of hydrogen-bond donors (Lipinski definition) is 1. The SMILES string of the molecule is Cc1c(Cl)cccc1NC(=O)C(C)OC(=O)c1c2c(nc3ccccc13)CCN(C(C)C)C2. The van der Waals surface area contributed by atoms with Gasteiger partial charge in [-0.1, -0.05) is 35.9 Å². The number of rotatable bonds is 5. The Kier molecular flexibility index (Phi) is 6.68. The van der Waals surface area contributed by atoms with Gasteiger partial charge in [0.25, 0.3) is 5.91 Å². The summed E-state index contributed by atoms with van der Waals surface area (Å²) in [7, 11) is 0. The van der Waals surface area contributed by atoms with Gasteiger partial charge in [0.2, 0.25) is 0 Å². The van der Waals surface area contributed by atoms with E-state index in [1.807, 2.05) is 31.2 Å². The molecule has 0 fully saturated rings. The highest BCUT2D eigenvalue weighted by Crippen LogP contribution is 2.30. The van der Waals surface area contributed by atoms with Gasteiger partial charge in [-0.25, -0.2) is 4.79 Å². The number of carbonyl (C=O) groups is 2. The third-order valence-electron chi connectivity index (χ3n) is 6.19. The summed E-state index contributed by atoms with van der Waals surface area (Å²) < 4.78 is 5.68. The average Bonchev–Trinajstić information content (AvgIpc) is 2.79. The Bertz CT molecular complexity index is 1220. The quantitative estimate of drug-likeness (QED) is 0.528. The van der Waals surface area contributed by atoms with E-state index >= 15 is 0 Å². The summed E-state index contributed by atoms with van der Waals surface area (Å²) in [5, 5.41) is 4.11. The minimum absolute atomic E-state index is 0.346. The highest BCUT2D eigenvalue weighted by atomic mass is 35.5. The Morgan fingerprint density at radius 3 is 2.64 bits per heavy atom. The average molecular weight is 466 g/mol. The normalized spacial score (nSPS) is 14.7. The summed E-state index contributed by atoms with van der Waals surface area (Å²) in [5.41, 5.74) is 4.41. The smallest absolute Gasteiger partial charge is 0.339 e. The molecule has 3 aromatic rings. The minimum Gasteiger partial charge on any atom is -0.449 e. The molecule has 2 heterocycles. The van der Waals surface area contributed by atoms with Crippen molar-refractivity contribution in [3.8, 4) is 0 Å². The molecule has 172 valence electrons. The minimum atomic E-state index is -0.983. The van der Waals surface area contributed by atoms with Crippen molar-refractivity contribution in [1.82, 2.24) is 9.88 Å². The van der Waals surface area contributed by atoms with Crippen LogP contribution >= 0.6 is 11.6 Å². The summed E-state index contributed by atoms with van der Waals surface area (Å²) in [6, 6.07) is 13.2. The molecule has 4 rings (SSSR count). The third kappa shape index (κ3) is 4.72. The number of hydrogen-bond acceptors (Lipinski definition) is 5. The molecule has 2 aromatic carbocycles. The molecule has 0 saturated heterocycles. The Balaban J connectivity index is 1.63. The molecule has 33 heavy (non-hydrogen) atoms. The van der Waals surface area contributed by atoms with Gasteiger partial charge in [-0.2, -0.15) is 0 Å². The van der Waals surface area contributed by atoms with Crippen molar-refractivity contribution in [3.05, 3.63) is 69.9 Å². The molecule has 1 atom stereocenters. The lowest BCUT2D eigenvalue weighted by Crippen LogP contribution is -2.37. The first-order valence-corrected chi connectivity index (χ1v) is 11.6. The molecule has 0 spiro atoms. The number of aromatic nitrogens is 1. The number of para-hydroxylation sites is 1. The van der Waals surface area contributed by atoms with Gasteiger partial charge in [0.1, 0.15) is 0 Å². The number of halogens is 1. The molecular formula is C26H28ClN3O3. The van der Waals surface area contributed by atoms with E-state index in [2.05, 4.69) is 24.1 Å². The summed E-state index contributed by atoms with van der Waals surface area (Å²) in [5.74, 6) is -0.925. The van der Waals surface area contributed by atoms with Crippen molar-refractivity contribution in [2.45, 2.75) is 52.8 Å². The van der Waals surface area contributed by atoms with E-state index in [-0.39, 0.29) is 0 Å². The molecule has 1 aliphatic rings. The lowest BCUT2D eigenvalue weighted by Gasteiger charge is -2.32. The summed E-state index contributed by atoms with van der Waals surface area (Å²) >= 11 is 6.15. The van der Waals surface area contributed by atoms with Crippen LogP contribution in [0.5, 0.6) is 0 Å². The zero-order valence-electron chi connectivity index (χ0n) is 19.3. The van der Waals surface area contributed by atoms with Gasteiger partial charge in [-0.05, 0) is 51.5 Å². The molecule has 6 nitrogen and oxygen atoms in total. The molecule has 0 radical (unpaired) electrons. The van der Waals surface area contributed by atoms with Crippen LogP contribution in [0.1, 0.15) is 48.0 Å². The third-order valence-corrected chi connectivity index (χ3v) is 6.60. The fourth-order valence-corrected chi connectivity index (χ4v) is 4.31. The van der Waals surface area contributed by atoms with E-state index in [4.69, 9.17) is 21.3 Å². The largest absolute Gasteiger partial charge is 0.449 e. The first kappa shape index (κ1) is 23.2. The van der Waals surface area contributed by atoms with Crippen LogP contribution in [0, 0.1) is 6.92 Å². The topological polar surface area (TPSA) is 71.5 Å². The van der Waals surface area contributed by atoms with Crippen molar-refractivity contribution < 1.29 is 14.3 Å². The Morgan fingerprint density at radius 2 is 1.88 bits per heavy atom. The number of benzene rings is 2. The number of nitrogens with zero attached hydrogens (tertiary/aromatic N) is 2. The van der Waals surface area contributed by atoms with Crippen LogP contribution in [0.3, 0.4) is 0 Å². The molecule has 1 aliphatic heterocycles. The number of anilines is 1. The van der Waals surface area contributed by atoms with Crippen molar-refractivity contribution in [2.24, 2.45) is 0 Å². The molecule has 0 aliphatic carbocycles. The van der Waals surface area contributed by atoms with Gasteiger partial charge in [-0.3, -0.25) is 14.7 Å². The zero-order chi connectivity index (χ0) is 23.7. The van der Waals surface area contributed by atoms with Crippen LogP contribution in [0.25, 0.3) is 10.9 Å². The standard InChI is InChI=1S/C26H28ClN3O3/c1-15(2)30-13-12-23-19(14-30)24(18-8-5-6-10-22(18)28-23)26(32)33-17(4)25(31)29-21-11-7-9-20(27)16(21)3/h5-11,15,17H,12-14H2,1-4H3,(H,29,31). The van der Waals surface area contributed by atoms with E-state index in [1.54, 1.807) is 25.1 Å². The summed E-state index contributed by atoms with van der Waals surface area (Å²) in [6.45, 7) is 9.19. The van der Waals surface area contributed by atoms with E-state index in [0.29, 0.717) is 28.9 Å². The van der Waals surface area contributed by atoms with E-state index < -0.39 is 18.0 Å². The number of pyridine rings is 1. The zero-order valence-corrected chi connectivity index (χ0v) is 20.1. The molecule has 1 unspecified atom stereocenters. The second-order valence-electron chi connectivity index (χ2n) is 8.69. The molecule has 7 heteroatoms. The monoisotopic (exact) mass is 465 g/mol. The van der Waals surface area contributed by atoms with Gasteiger partial charge >= 0.3 is 5.97 Å². The molecule has 0 saturated carbocycles. The number of nitrogens with one attached hydrogen (secondary N) is 1. The van der Waals surface area contributed by atoms with Gasteiger partial charge < -0.3 is 10.1 Å². The van der Waals surface area contributed by atoms with Crippen LogP contribution in [0.2, 0.25) is 5.02 Å². The summed E-state index contributed by atoms with van der Waals surface area (Å²) in [6.07, 6.45) is -0.217. The predicted molar refractivity (Wildman–Crippen MR) is 131 cm³/mol. The maximum Gasteiger partial charge on any atom is 0.339 e. The lowest BCUT2D eigenvalue weighted by atomic mass is 9.95.